The predicted octanol–water partition coefficient (Wildman–Crippen LogP) is 3.03. The van der Waals surface area contributed by atoms with Crippen LogP contribution in [0, 0.1) is 0 Å². The Morgan fingerprint density at radius 2 is 2.07 bits per heavy atom. The van der Waals surface area contributed by atoms with Gasteiger partial charge in [0.15, 0.2) is 5.96 Å². The van der Waals surface area contributed by atoms with E-state index in [0.717, 1.165) is 30.4 Å². The van der Waals surface area contributed by atoms with Gasteiger partial charge in [0.2, 0.25) is 5.91 Å². The summed E-state index contributed by atoms with van der Waals surface area (Å²) in [5.41, 5.74) is 0.718. The maximum absolute atomic E-state index is 11.1. The highest BCUT2D eigenvalue weighted by molar-refractivity contribution is 14.0. The average molecular weight is 486 g/mol. The van der Waals surface area contributed by atoms with E-state index in [2.05, 4.69) is 20.9 Å². The topological polar surface area (TPSA) is 87.9 Å². The van der Waals surface area contributed by atoms with Crippen LogP contribution in [0.15, 0.2) is 52.1 Å². The van der Waals surface area contributed by atoms with Crippen molar-refractivity contribution in [2.24, 2.45) is 4.99 Å². The number of hydrogen-bond donors (Lipinski definition) is 3. The molecule has 0 saturated carbocycles. The number of ether oxygens (including phenoxy) is 1. The molecule has 0 bridgehead atoms. The van der Waals surface area contributed by atoms with Gasteiger partial charge in [0, 0.05) is 38.2 Å². The molecule has 148 valence electrons. The molecule has 2 rings (SSSR count). The van der Waals surface area contributed by atoms with Crippen LogP contribution in [0.25, 0.3) is 0 Å². The van der Waals surface area contributed by atoms with Crippen molar-refractivity contribution in [1.82, 2.24) is 10.6 Å². The first-order chi connectivity index (χ1) is 12.7. The number of carbonyl (C=O) groups excluding carboxylic acids is 1. The Bertz CT molecular complexity index is 705. The SMILES string of the molecule is CCNC(=NCCc1ccco1)NCCOc1cccc(NC(C)=O)c1.I. The number of benzene rings is 1. The molecule has 0 radical (unpaired) electrons. The number of anilines is 1. The number of nitrogens with one attached hydrogen (secondary N) is 3. The Morgan fingerprint density at radius 1 is 1.22 bits per heavy atom. The number of furan rings is 1. The quantitative estimate of drug-likeness (QED) is 0.220. The maximum atomic E-state index is 11.1. The van der Waals surface area contributed by atoms with E-state index < -0.39 is 0 Å². The van der Waals surface area contributed by atoms with E-state index in [1.165, 1.54) is 6.92 Å². The van der Waals surface area contributed by atoms with Crippen LogP contribution < -0.4 is 20.7 Å². The molecule has 0 spiro atoms. The fourth-order valence-corrected chi connectivity index (χ4v) is 2.28. The second kappa shape index (κ2) is 13.0. The van der Waals surface area contributed by atoms with Gasteiger partial charge in [-0.1, -0.05) is 6.07 Å². The van der Waals surface area contributed by atoms with Crippen LogP contribution >= 0.6 is 24.0 Å². The van der Waals surface area contributed by atoms with Crippen molar-refractivity contribution in [3.05, 3.63) is 48.4 Å². The zero-order valence-corrected chi connectivity index (χ0v) is 18.0. The number of amides is 1. The molecule has 1 aromatic heterocycles. The molecular weight excluding hydrogens is 459 g/mol. The highest BCUT2D eigenvalue weighted by atomic mass is 127. The van der Waals surface area contributed by atoms with Gasteiger partial charge in [-0.15, -0.1) is 24.0 Å². The largest absolute Gasteiger partial charge is 0.492 e. The maximum Gasteiger partial charge on any atom is 0.221 e. The summed E-state index contributed by atoms with van der Waals surface area (Å²) in [6, 6.07) is 11.1. The van der Waals surface area contributed by atoms with Crippen LogP contribution in [-0.2, 0) is 11.2 Å². The van der Waals surface area contributed by atoms with Crippen molar-refractivity contribution < 1.29 is 13.9 Å². The molecule has 0 aliphatic heterocycles. The van der Waals surface area contributed by atoms with E-state index in [1.54, 1.807) is 12.3 Å². The zero-order valence-electron chi connectivity index (χ0n) is 15.7. The summed E-state index contributed by atoms with van der Waals surface area (Å²) in [7, 11) is 0. The molecule has 0 aliphatic rings. The zero-order chi connectivity index (χ0) is 18.6. The first kappa shape index (κ1) is 22.8. The summed E-state index contributed by atoms with van der Waals surface area (Å²) in [5, 5.41) is 9.16. The number of nitrogens with zero attached hydrogens (tertiary/aromatic N) is 1. The summed E-state index contributed by atoms with van der Waals surface area (Å²) < 4.78 is 11.0. The number of carbonyl (C=O) groups is 1. The Kier molecular flexibility index (Phi) is 11.0. The van der Waals surface area contributed by atoms with Gasteiger partial charge in [-0.05, 0) is 31.2 Å². The molecule has 1 heterocycles. The van der Waals surface area contributed by atoms with Crippen molar-refractivity contribution in [3.63, 3.8) is 0 Å². The minimum Gasteiger partial charge on any atom is -0.492 e. The summed E-state index contributed by atoms with van der Waals surface area (Å²) in [6.07, 6.45) is 2.43. The monoisotopic (exact) mass is 486 g/mol. The van der Waals surface area contributed by atoms with Gasteiger partial charge in [0.1, 0.15) is 18.1 Å². The molecular formula is C19H27IN4O3. The molecule has 0 atom stereocenters. The van der Waals surface area contributed by atoms with E-state index in [4.69, 9.17) is 9.15 Å². The highest BCUT2D eigenvalue weighted by Gasteiger charge is 2.01. The van der Waals surface area contributed by atoms with Crippen LogP contribution in [-0.4, -0.2) is 38.1 Å². The molecule has 2 aromatic rings. The van der Waals surface area contributed by atoms with E-state index in [0.29, 0.717) is 25.4 Å². The second-order valence-corrected chi connectivity index (χ2v) is 5.57. The first-order valence-electron chi connectivity index (χ1n) is 8.72. The lowest BCUT2D eigenvalue weighted by Gasteiger charge is -2.12. The van der Waals surface area contributed by atoms with Gasteiger partial charge in [-0.25, -0.2) is 0 Å². The third-order valence-electron chi connectivity index (χ3n) is 3.37. The molecule has 1 amide bonds. The highest BCUT2D eigenvalue weighted by Crippen LogP contribution is 2.16. The third-order valence-corrected chi connectivity index (χ3v) is 3.37. The van der Waals surface area contributed by atoms with Crippen molar-refractivity contribution in [2.75, 3.05) is 31.6 Å². The van der Waals surface area contributed by atoms with Crippen LogP contribution in [0.3, 0.4) is 0 Å². The Hall–Kier alpha value is -2.23. The normalized spacial score (nSPS) is 10.7. The van der Waals surface area contributed by atoms with Crippen LogP contribution in [0.1, 0.15) is 19.6 Å². The van der Waals surface area contributed by atoms with Gasteiger partial charge in [-0.2, -0.15) is 0 Å². The second-order valence-electron chi connectivity index (χ2n) is 5.57. The minimum atomic E-state index is -0.107. The molecule has 27 heavy (non-hydrogen) atoms. The standard InChI is InChI=1S/C19H26N4O3.HI/c1-3-20-19(21-10-9-17-8-5-12-25-17)22-11-13-26-18-7-4-6-16(14-18)23-15(2)24;/h4-8,12,14H,3,9-11,13H2,1-2H3,(H,23,24)(H2,20,21,22);1H. The van der Waals surface area contributed by atoms with Crippen LogP contribution in [0.2, 0.25) is 0 Å². The van der Waals surface area contributed by atoms with Gasteiger partial charge in [0.05, 0.1) is 12.8 Å². The Morgan fingerprint density at radius 3 is 2.78 bits per heavy atom. The fourth-order valence-electron chi connectivity index (χ4n) is 2.28. The van der Waals surface area contributed by atoms with Crippen molar-refractivity contribution in [2.45, 2.75) is 20.3 Å². The lowest BCUT2D eigenvalue weighted by atomic mass is 10.3. The van der Waals surface area contributed by atoms with Crippen molar-refractivity contribution >= 4 is 41.5 Å². The molecule has 7 nitrogen and oxygen atoms in total. The van der Waals surface area contributed by atoms with Crippen molar-refractivity contribution in [3.8, 4) is 5.75 Å². The molecule has 8 heteroatoms. The van der Waals surface area contributed by atoms with Gasteiger partial charge in [0.25, 0.3) is 0 Å². The summed E-state index contributed by atoms with van der Waals surface area (Å²) in [5.74, 6) is 2.27. The minimum absolute atomic E-state index is 0. The molecule has 1 aromatic carbocycles. The van der Waals surface area contributed by atoms with Gasteiger partial charge >= 0.3 is 0 Å². The van der Waals surface area contributed by atoms with Crippen LogP contribution in [0.5, 0.6) is 5.75 Å². The fraction of sp³-hybridized carbons (Fsp3) is 0.368. The summed E-state index contributed by atoms with van der Waals surface area (Å²) >= 11 is 0. The van der Waals surface area contributed by atoms with Gasteiger partial charge in [-0.3, -0.25) is 9.79 Å². The lowest BCUT2D eigenvalue weighted by molar-refractivity contribution is -0.114. The number of guanidine groups is 1. The third kappa shape index (κ3) is 9.32. The molecule has 0 saturated heterocycles. The first-order valence-corrected chi connectivity index (χ1v) is 8.72. The van der Waals surface area contributed by atoms with E-state index in [9.17, 15) is 4.79 Å². The number of rotatable bonds is 9. The Labute approximate surface area is 177 Å². The predicted molar refractivity (Wildman–Crippen MR) is 118 cm³/mol. The molecule has 0 fully saturated rings. The van der Waals surface area contributed by atoms with E-state index in [-0.39, 0.29) is 29.9 Å². The molecule has 0 unspecified atom stereocenters. The molecule has 0 aliphatic carbocycles. The number of halogens is 1. The Balaban J connectivity index is 0.00000364. The lowest BCUT2D eigenvalue weighted by Crippen LogP contribution is -2.39. The van der Waals surface area contributed by atoms with Crippen LogP contribution in [0.4, 0.5) is 5.69 Å². The average Bonchev–Trinajstić information content (AvgIpc) is 3.12. The smallest absolute Gasteiger partial charge is 0.221 e. The van der Waals surface area contributed by atoms with E-state index >= 15 is 0 Å². The summed E-state index contributed by atoms with van der Waals surface area (Å²) in [6.45, 7) is 6.01. The van der Waals surface area contributed by atoms with E-state index in [1.807, 2.05) is 37.3 Å². The van der Waals surface area contributed by atoms with Crippen molar-refractivity contribution in [1.29, 1.82) is 0 Å². The number of hydrogen-bond acceptors (Lipinski definition) is 4. The summed E-state index contributed by atoms with van der Waals surface area (Å²) in [4.78, 5) is 15.6. The molecule has 3 N–H and O–H groups in total. The number of aliphatic imine (C=N–C) groups is 1. The van der Waals surface area contributed by atoms with Gasteiger partial charge < -0.3 is 25.1 Å².